The maximum absolute atomic E-state index is 12.0. The maximum atomic E-state index is 12.0. The highest BCUT2D eigenvalue weighted by Gasteiger charge is 2.32. The molecule has 0 aliphatic carbocycles. The fraction of sp³-hybridized carbons (Fsp3) is 1.00. The smallest absolute Gasteiger partial charge is 0.348 e. The van der Waals surface area contributed by atoms with Crippen LogP contribution in [0.2, 0.25) is 0 Å². The van der Waals surface area contributed by atoms with Gasteiger partial charge in [0.25, 0.3) is 0 Å². The lowest BCUT2D eigenvalue weighted by molar-refractivity contribution is -0.181. The van der Waals surface area contributed by atoms with Gasteiger partial charge in [0.1, 0.15) is 0 Å². The monoisotopic (exact) mass is 160 g/mol. The molecule has 10 heavy (non-hydrogen) atoms. The first-order valence-corrected chi connectivity index (χ1v) is 2.78. The second kappa shape index (κ2) is 3.75. The Morgan fingerprint density at radius 3 is 2.20 bits per heavy atom. The second-order valence-corrected chi connectivity index (χ2v) is 1.68. The van der Waals surface area contributed by atoms with E-state index < -0.39 is 19.0 Å². The molecule has 5 heteroatoms. The van der Waals surface area contributed by atoms with Gasteiger partial charge < -0.3 is 4.74 Å². The van der Waals surface area contributed by atoms with Crippen molar-refractivity contribution in [1.29, 1.82) is 0 Å². The number of halogens is 4. The molecule has 0 bridgehead atoms. The lowest BCUT2D eigenvalue weighted by Gasteiger charge is -2.09. The van der Waals surface area contributed by atoms with Gasteiger partial charge in [0.2, 0.25) is 6.36 Å². The Hall–Kier alpha value is -0.320. The zero-order valence-corrected chi connectivity index (χ0v) is 5.41. The van der Waals surface area contributed by atoms with Crippen LogP contribution in [-0.4, -0.2) is 19.1 Å². The molecule has 0 aliphatic rings. The van der Waals surface area contributed by atoms with Crippen molar-refractivity contribution in [2.24, 2.45) is 0 Å². The zero-order valence-electron chi connectivity index (χ0n) is 5.41. The third-order valence-corrected chi connectivity index (χ3v) is 0.739. The van der Waals surface area contributed by atoms with Crippen LogP contribution >= 0.6 is 0 Å². The number of rotatable bonds is 3. The van der Waals surface area contributed by atoms with Crippen molar-refractivity contribution in [3.8, 4) is 0 Å². The minimum absolute atomic E-state index is 0.0444. The van der Waals surface area contributed by atoms with Crippen LogP contribution in [0, 0.1) is 0 Å². The Balaban J connectivity index is 3.47. The fourth-order valence-corrected chi connectivity index (χ4v) is 0.422. The first-order valence-electron chi connectivity index (χ1n) is 2.78. The molecular formula is C5H8F4O. The molecule has 0 aromatic heterocycles. The maximum Gasteiger partial charge on any atom is 0.394 e. The molecule has 0 radical (unpaired) electrons. The molecule has 0 saturated heterocycles. The predicted octanol–water partition coefficient (Wildman–Crippen LogP) is 2.27. The summed E-state index contributed by atoms with van der Waals surface area (Å²) in [5.41, 5.74) is 0. The van der Waals surface area contributed by atoms with Crippen LogP contribution in [-0.2, 0) is 4.74 Å². The molecule has 0 rings (SSSR count). The van der Waals surface area contributed by atoms with Crippen LogP contribution in [0.5, 0.6) is 0 Å². The van der Waals surface area contributed by atoms with Crippen LogP contribution in [0.15, 0.2) is 0 Å². The van der Waals surface area contributed by atoms with E-state index in [-0.39, 0.29) is 6.61 Å². The Bertz CT molecular complexity index is 90.1. The Labute approximate surface area is 56.0 Å². The quantitative estimate of drug-likeness (QED) is 0.575. The van der Waals surface area contributed by atoms with Crippen molar-refractivity contribution in [3.05, 3.63) is 0 Å². The highest BCUT2D eigenvalue weighted by Crippen LogP contribution is 2.23. The van der Waals surface area contributed by atoms with Gasteiger partial charge in [-0.25, -0.2) is 4.39 Å². The van der Waals surface area contributed by atoms with E-state index in [1.807, 2.05) is 0 Å². The van der Waals surface area contributed by atoms with Gasteiger partial charge in [0.15, 0.2) is 0 Å². The van der Waals surface area contributed by atoms with Crippen LogP contribution in [0.1, 0.15) is 13.3 Å². The lowest BCUT2D eigenvalue weighted by atomic mass is 10.4. The van der Waals surface area contributed by atoms with E-state index in [0.29, 0.717) is 0 Å². The van der Waals surface area contributed by atoms with E-state index >= 15 is 0 Å². The largest absolute Gasteiger partial charge is 0.394 e. The molecule has 0 amide bonds. The van der Waals surface area contributed by atoms with Gasteiger partial charge in [-0.15, -0.1) is 0 Å². The Morgan fingerprint density at radius 1 is 1.40 bits per heavy atom. The fourth-order valence-electron chi connectivity index (χ4n) is 0.422. The first kappa shape index (κ1) is 9.68. The molecule has 1 unspecified atom stereocenters. The van der Waals surface area contributed by atoms with Crippen LogP contribution in [0.25, 0.3) is 0 Å². The summed E-state index contributed by atoms with van der Waals surface area (Å²) < 4.78 is 49.9. The molecule has 1 atom stereocenters. The Kier molecular flexibility index (Phi) is 3.63. The molecule has 0 N–H and O–H groups in total. The summed E-state index contributed by atoms with van der Waals surface area (Å²) in [7, 11) is 0. The first-order chi connectivity index (χ1) is 4.45. The van der Waals surface area contributed by atoms with E-state index in [1.54, 1.807) is 0 Å². The second-order valence-electron chi connectivity index (χ2n) is 1.68. The van der Waals surface area contributed by atoms with E-state index in [4.69, 9.17) is 0 Å². The van der Waals surface area contributed by atoms with E-state index in [2.05, 4.69) is 4.74 Å². The lowest BCUT2D eigenvalue weighted by Crippen LogP contribution is -2.18. The van der Waals surface area contributed by atoms with Gasteiger partial charge in [-0.3, -0.25) is 0 Å². The summed E-state index contributed by atoms with van der Waals surface area (Å²) in [4.78, 5) is 0. The summed E-state index contributed by atoms with van der Waals surface area (Å²) in [5.74, 6) is 0. The summed E-state index contributed by atoms with van der Waals surface area (Å²) >= 11 is 0. The Morgan fingerprint density at radius 2 is 1.90 bits per heavy atom. The van der Waals surface area contributed by atoms with Gasteiger partial charge in [-0.05, 0) is 6.92 Å². The minimum Gasteiger partial charge on any atom is -0.348 e. The van der Waals surface area contributed by atoms with Gasteiger partial charge in [0.05, 0.1) is 6.42 Å². The van der Waals surface area contributed by atoms with Crippen LogP contribution < -0.4 is 0 Å². The predicted molar refractivity (Wildman–Crippen MR) is 27.2 cm³/mol. The average Bonchev–Trinajstić information content (AvgIpc) is 1.59. The molecule has 1 nitrogen and oxygen atoms in total. The third-order valence-electron chi connectivity index (χ3n) is 0.739. The molecular weight excluding hydrogens is 152 g/mol. The van der Waals surface area contributed by atoms with Crippen molar-refractivity contribution >= 4 is 0 Å². The van der Waals surface area contributed by atoms with Crippen molar-refractivity contribution in [2.45, 2.75) is 25.9 Å². The average molecular weight is 160 g/mol. The van der Waals surface area contributed by atoms with Crippen LogP contribution in [0.4, 0.5) is 17.6 Å². The molecule has 0 aromatic rings. The topological polar surface area (TPSA) is 9.23 Å². The molecule has 0 spiro atoms. The van der Waals surface area contributed by atoms with Gasteiger partial charge >= 0.3 is 6.18 Å². The molecule has 0 fully saturated rings. The van der Waals surface area contributed by atoms with Gasteiger partial charge in [-0.2, -0.15) is 13.2 Å². The molecule has 0 saturated carbocycles. The third kappa shape index (κ3) is 5.81. The number of hydrogen-bond acceptors (Lipinski definition) is 1. The standard InChI is InChI=1S/C5H8F4O/c1-2-10-4(6)3-5(7,8)9/h4H,2-3H2,1H3. The SMILES string of the molecule is CCOC(F)CC(F)(F)F. The normalized spacial score (nSPS) is 15.3. The highest BCUT2D eigenvalue weighted by atomic mass is 19.4. The summed E-state index contributed by atoms with van der Waals surface area (Å²) in [6.45, 7) is 1.39. The molecule has 0 heterocycles. The summed E-state index contributed by atoms with van der Waals surface area (Å²) in [6, 6.07) is 0. The highest BCUT2D eigenvalue weighted by molar-refractivity contribution is 4.52. The van der Waals surface area contributed by atoms with E-state index in [1.165, 1.54) is 6.92 Å². The number of hydrogen-bond donors (Lipinski definition) is 0. The number of alkyl halides is 4. The molecule has 0 aromatic carbocycles. The van der Waals surface area contributed by atoms with Gasteiger partial charge in [-0.1, -0.05) is 0 Å². The minimum atomic E-state index is -4.48. The number of ether oxygens (including phenoxy) is 1. The van der Waals surface area contributed by atoms with E-state index in [9.17, 15) is 17.6 Å². The zero-order chi connectivity index (χ0) is 8.20. The van der Waals surface area contributed by atoms with Crippen molar-refractivity contribution in [1.82, 2.24) is 0 Å². The molecule has 0 aliphatic heterocycles. The van der Waals surface area contributed by atoms with Crippen LogP contribution in [0.3, 0.4) is 0 Å². The van der Waals surface area contributed by atoms with Gasteiger partial charge in [0, 0.05) is 6.61 Å². The molecule has 62 valence electrons. The van der Waals surface area contributed by atoms with Crippen molar-refractivity contribution < 1.29 is 22.3 Å². The van der Waals surface area contributed by atoms with Crippen molar-refractivity contribution in [2.75, 3.05) is 6.61 Å². The van der Waals surface area contributed by atoms with Crippen molar-refractivity contribution in [3.63, 3.8) is 0 Å². The summed E-state index contributed by atoms with van der Waals surface area (Å²) in [6.07, 6.45) is -8.22. The summed E-state index contributed by atoms with van der Waals surface area (Å²) in [5, 5.41) is 0. The van der Waals surface area contributed by atoms with E-state index in [0.717, 1.165) is 0 Å².